The molecule has 3 atom stereocenters. The number of aromatic nitrogens is 1. The highest BCUT2D eigenvalue weighted by Crippen LogP contribution is 2.38. The summed E-state index contributed by atoms with van der Waals surface area (Å²) in [6, 6.07) is 21.8. The maximum Gasteiger partial charge on any atom is 0.303 e. The zero-order chi connectivity index (χ0) is 30.4. The first kappa shape index (κ1) is 32.3. The van der Waals surface area contributed by atoms with Crippen molar-refractivity contribution >= 4 is 11.9 Å². The van der Waals surface area contributed by atoms with E-state index in [1.54, 1.807) is 0 Å². The van der Waals surface area contributed by atoms with Crippen molar-refractivity contribution in [3.05, 3.63) is 101 Å². The van der Waals surface area contributed by atoms with Gasteiger partial charge in [0.1, 0.15) is 0 Å². The predicted molar refractivity (Wildman–Crippen MR) is 163 cm³/mol. The second-order valence-electron chi connectivity index (χ2n) is 11.2. The number of nitrogens with zero attached hydrogens (tertiary/aromatic N) is 2. The average molecular weight is 590 g/mol. The molecule has 0 spiro atoms. The number of carbonyl (C=O) groups is 2. The highest BCUT2D eigenvalue weighted by Gasteiger charge is 2.32. The number of aliphatic hydroxyl groups is 1. The van der Waals surface area contributed by atoms with Crippen LogP contribution >= 0.6 is 0 Å². The molecule has 1 aliphatic heterocycles. The third kappa shape index (κ3) is 10.9. The smallest absolute Gasteiger partial charge is 0.303 e. The number of pyridine rings is 1. The van der Waals surface area contributed by atoms with E-state index in [1.807, 2.05) is 72.9 Å². The van der Waals surface area contributed by atoms with Crippen LogP contribution in [0.3, 0.4) is 0 Å². The molecule has 9 heteroatoms. The van der Waals surface area contributed by atoms with E-state index in [0.717, 1.165) is 53.9 Å². The summed E-state index contributed by atoms with van der Waals surface area (Å²) in [5.41, 5.74) is 4.86. The monoisotopic (exact) mass is 589 g/mol. The fourth-order valence-corrected chi connectivity index (χ4v) is 5.14. The van der Waals surface area contributed by atoms with Crippen LogP contribution in [0.25, 0.3) is 0 Å². The zero-order valence-corrected chi connectivity index (χ0v) is 24.9. The minimum Gasteiger partial charge on any atom is -0.481 e. The molecule has 1 aliphatic rings. The summed E-state index contributed by atoms with van der Waals surface area (Å²) in [4.78, 5) is 29.5. The van der Waals surface area contributed by atoms with E-state index >= 15 is 0 Å². The summed E-state index contributed by atoms with van der Waals surface area (Å²) >= 11 is 0. The van der Waals surface area contributed by atoms with Gasteiger partial charge in [0.2, 0.25) is 5.91 Å². The first-order valence-electron chi connectivity index (χ1n) is 15.1. The van der Waals surface area contributed by atoms with Crippen LogP contribution in [0.2, 0.25) is 0 Å². The van der Waals surface area contributed by atoms with Crippen molar-refractivity contribution in [2.24, 2.45) is 0 Å². The van der Waals surface area contributed by atoms with Crippen LogP contribution in [-0.2, 0) is 38.6 Å². The van der Waals surface area contributed by atoms with E-state index in [2.05, 4.69) is 22.2 Å². The fourth-order valence-electron chi connectivity index (χ4n) is 5.14. The number of carboxylic acid groups (broad SMARTS) is 1. The summed E-state index contributed by atoms with van der Waals surface area (Å²) < 4.78 is 13.0. The van der Waals surface area contributed by atoms with Gasteiger partial charge < -0.3 is 29.9 Å². The van der Waals surface area contributed by atoms with Gasteiger partial charge in [0, 0.05) is 62.8 Å². The molecule has 230 valence electrons. The minimum absolute atomic E-state index is 0.000820. The van der Waals surface area contributed by atoms with Crippen LogP contribution in [0.15, 0.2) is 72.9 Å². The van der Waals surface area contributed by atoms with Crippen molar-refractivity contribution < 1.29 is 29.3 Å². The third-order valence-electron chi connectivity index (χ3n) is 7.64. The molecule has 0 aliphatic carbocycles. The first-order valence-corrected chi connectivity index (χ1v) is 15.1. The Morgan fingerprint density at radius 3 is 2.35 bits per heavy atom. The highest BCUT2D eigenvalue weighted by atomic mass is 16.7. The maximum atomic E-state index is 12.2. The lowest BCUT2D eigenvalue weighted by Crippen LogP contribution is -2.38. The van der Waals surface area contributed by atoms with Crippen LogP contribution in [0, 0.1) is 0 Å². The summed E-state index contributed by atoms with van der Waals surface area (Å²) in [5, 5.41) is 21.1. The molecule has 1 saturated heterocycles. The van der Waals surface area contributed by atoms with E-state index < -0.39 is 12.3 Å². The molecule has 9 nitrogen and oxygen atoms in total. The van der Waals surface area contributed by atoms with Crippen LogP contribution in [0.4, 0.5) is 0 Å². The summed E-state index contributed by atoms with van der Waals surface area (Å²) in [6.07, 6.45) is 5.17. The third-order valence-corrected chi connectivity index (χ3v) is 7.64. The van der Waals surface area contributed by atoms with Gasteiger partial charge in [-0.25, -0.2) is 0 Å². The Morgan fingerprint density at radius 2 is 1.65 bits per heavy atom. The second-order valence-corrected chi connectivity index (χ2v) is 11.2. The van der Waals surface area contributed by atoms with Crippen LogP contribution < -0.4 is 5.32 Å². The Kier molecular flexibility index (Phi) is 12.7. The Balaban J connectivity index is 1.34. The van der Waals surface area contributed by atoms with Crippen molar-refractivity contribution in [2.75, 3.05) is 20.1 Å². The van der Waals surface area contributed by atoms with E-state index in [0.29, 0.717) is 32.2 Å². The molecule has 2 aromatic carbocycles. The molecule has 4 rings (SSSR count). The molecule has 43 heavy (non-hydrogen) atoms. The van der Waals surface area contributed by atoms with Gasteiger partial charge >= 0.3 is 5.97 Å². The second kappa shape index (κ2) is 16.9. The lowest BCUT2D eigenvalue weighted by Gasteiger charge is -2.38. The predicted octanol–water partition coefficient (Wildman–Crippen LogP) is 4.95. The number of likely N-dealkylation sites (N-methyl/N-ethyl adjacent to an activating group) is 1. The molecule has 3 N–H and O–H groups in total. The van der Waals surface area contributed by atoms with Gasteiger partial charge in [0.25, 0.3) is 0 Å². The Hall–Kier alpha value is -3.63. The van der Waals surface area contributed by atoms with Gasteiger partial charge in [-0.15, -0.1) is 0 Å². The average Bonchev–Trinajstić information content (AvgIpc) is 3.03. The van der Waals surface area contributed by atoms with Gasteiger partial charge in [0.15, 0.2) is 6.29 Å². The maximum absolute atomic E-state index is 12.2. The molecule has 1 amide bonds. The fraction of sp³-hybridized carbons (Fsp3) is 0.441. The number of unbranched alkanes of at least 4 members (excludes halogenated alkanes) is 2. The SMILES string of the molecule is CN(CCc1ccccn1)CC1CC(c2ccc(CO)cc2)OC(c2ccc(CNC(=O)CCCCCC(=O)O)cc2)O1. The van der Waals surface area contributed by atoms with Crippen LogP contribution in [0.5, 0.6) is 0 Å². The molecular weight excluding hydrogens is 546 g/mol. The summed E-state index contributed by atoms with van der Waals surface area (Å²) in [5.74, 6) is -0.841. The van der Waals surface area contributed by atoms with E-state index in [4.69, 9.17) is 14.6 Å². The number of hydrogen-bond donors (Lipinski definition) is 3. The number of benzene rings is 2. The number of carbonyl (C=O) groups excluding carboxylic acids is 1. The Morgan fingerprint density at radius 1 is 0.930 bits per heavy atom. The first-order chi connectivity index (χ1) is 20.9. The Labute approximate surface area is 253 Å². The number of hydrogen-bond acceptors (Lipinski definition) is 7. The number of carboxylic acids is 1. The van der Waals surface area contributed by atoms with Gasteiger partial charge in [-0.2, -0.15) is 0 Å². The molecule has 3 unspecified atom stereocenters. The zero-order valence-electron chi connectivity index (χ0n) is 24.9. The van der Waals surface area contributed by atoms with Gasteiger partial charge in [-0.3, -0.25) is 14.6 Å². The van der Waals surface area contributed by atoms with E-state index in [1.165, 1.54) is 0 Å². The molecule has 2 heterocycles. The van der Waals surface area contributed by atoms with E-state index in [-0.39, 0.29) is 31.1 Å². The molecular formula is C34H43N3O6. The summed E-state index contributed by atoms with van der Waals surface area (Å²) in [7, 11) is 2.10. The van der Waals surface area contributed by atoms with Crippen molar-refractivity contribution in [2.45, 2.75) is 76.6 Å². The minimum atomic E-state index is -0.802. The molecule has 3 aromatic rings. The summed E-state index contributed by atoms with van der Waals surface area (Å²) in [6.45, 7) is 2.03. The molecule has 0 saturated carbocycles. The lowest BCUT2D eigenvalue weighted by molar-refractivity contribution is -0.252. The number of aliphatic hydroxyl groups excluding tert-OH is 1. The van der Waals surface area contributed by atoms with Crippen LogP contribution in [-0.4, -0.2) is 58.2 Å². The molecule has 0 radical (unpaired) electrons. The highest BCUT2D eigenvalue weighted by molar-refractivity contribution is 5.75. The van der Waals surface area contributed by atoms with Gasteiger partial charge in [-0.1, -0.05) is 61.0 Å². The number of ether oxygens (including phenoxy) is 2. The van der Waals surface area contributed by atoms with E-state index in [9.17, 15) is 14.7 Å². The van der Waals surface area contributed by atoms with Gasteiger partial charge in [-0.05, 0) is 48.7 Å². The number of amides is 1. The normalized spacial score (nSPS) is 18.4. The van der Waals surface area contributed by atoms with Crippen molar-refractivity contribution in [1.29, 1.82) is 0 Å². The number of aliphatic carboxylic acids is 1. The van der Waals surface area contributed by atoms with Crippen molar-refractivity contribution in [3.63, 3.8) is 0 Å². The number of nitrogens with one attached hydrogen (secondary N) is 1. The topological polar surface area (TPSA) is 121 Å². The number of rotatable bonds is 16. The quantitative estimate of drug-likeness (QED) is 0.201. The van der Waals surface area contributed by atoms with Crippen molar-refractivity contribution in [1.82, 2.24) is 15.2 Å². The standard InChI is InChI=1S/C34H43N3O6/c1-37(20-18-29-7-5-6-19-35-29)23-30-21-31(27-14-12-26(24-38)13-15-27)43-34(42-30)28-16-10-25(11-17-28)22-36-32(39)8-3-2-4-9-33(40)41/h5-7,10-17,19,30-31,34,38H,2-4,8-9,18,20-24H2,1H3,(H,36,39)(H,40,41). The van der Waals surface area contributed by atoms with Crippen molar-refractivity contribution in [3.8, 4) is 0 Å². The molecule has 1 aromatic heterocycles. The largest absolute Gasteiger partial charge is 0.481 e. The van der Waals surface area contributed by atoms with Crippen LogP contribution in [0.1, 0.15) is 78.9 Å². The lowest BCUT2D eigenvalue weighted by atomic mass is 9.99. The molecule has 1 fully saturated rings. The van der Waals surface area contributed by atoms with Gasteiger partial charge in [0.05, 0.1) is 18.8 Å². The molecule has 0 bridgehead atoms. The Bertz CT molecular complexity index is 1270.